The monoisotopic (exact) mass is 461 g/mol. The van der Waals surface area contributed by atoms with Crippen molar-refractivity contribution >= 4 is 28.3 Å². The fourth-order valence-corrected chi connectivity index (χ4v) is 3.41. The highest BCUT2D eigenvalue weighted by atomic mass is 79.9. The van der Waals surface area contributed by atoms with Gasteiger partial charge in [-0.15, -0.1) is 12.4 Å². The molecule has 148 valence electrons. The lowest BCUT2D eigenvalue weighted by atomic mass is 10.1. The Balaban J connectivity index is 0.00000280. The second-order valence-electron chi connectivity index (χ2n) is 6.47. The molecule has 0 spiro atoms. The first-order valence-electron chi connectivity index (χ1n) is 8.95. The molecule has 0 atom stereocenters. The number of hydrogen-bond donors (Lipinski definition) is 1. The molecular weight excluding hydrogens is 438 g/mol. The first-order chi connectivity index (χ1) is 13.2. The highest BCUT2D eigenvalue weighted by Crippen LogP contribution is 2.37. The molecule has 1 N–H and O–H groups in total. The summed E-state index contributed by atoms with van der Waals surface area (Å²) in [6, 6.07) is 22.8. The number of aryl methyl sites for hydroxylation is 1. The highest BCUT2D eigenvalue weighted by Gasteiger charge is 2.12. The molecule has 0 heterocycles. The van der Waals surface area contributed by atoms with Gasteiger partial charge < -0.3 is 14.8 Å². The van der Waals surface area contributed by atoms with Crippen LogP contribution in [0.25, 0.3) is 0 Å². The smallest absolute Gasteiger partial charge is 0.175 e. The van der Waals surface area contributed by atoms with E-state index < -0.39 is 0 Å². The van der Waals surface area contributed by atoms with Crippen LogP contribution in [0.1, 0.15) is 22.3 Å². The first-order valence-corrected chi connectivity index (χ1v) is 9.74. The predicted octanol–water partition coefficient (Wildman–Crippen LogP) is 6.06. The molecule has 0 aliphatic carbocycles. The van der Waals surface area contributed by atoms with Crippen LogP contribution in [0.15, 0.2) is 71.2 Å². The van der Waals surface area contributed by atoms with Crippen LogP contribution in [0.2, 0.25) is 0 Å². The molecule has 3 aromatic rings. The van der Waals surface area contributed by atoms with Crippen LogP contribution in [0.3, 0.4) is 0 Å². The molecule has 0 amide bonds. The molecule has 0 aliphatic heterocycles. The molecule has 0 aromatic heterocycles. The number of benzene rings is 3. The molecule has 0 bridgehead atoms. The van der Waals surface area contributed by atoms with E-state index in [1.807, 2.05) is 12.1 Å². The summed E-state index contributed by atoms with van der Waals surface area (Å²) in [4.78, 5) is 0. The molecule has 3 rings (SSSR count). The summed E-state index contributed by atoms with van der Waals surface area (Å²) in [6.07, 6.45) is 0. The molecule has 0 saturated carbocycles. The van der Waals surface area contributed by atoms with Crippen molar-refractivity contribution in [1.29, 1.82) is 0 Å². The van der Waals surface area contributed by atoms with Crippen molar-refractivity contribution in [1.82, 2.24) is 5.32 Å². The second kappa shape index (κ2) is 11.1. The van der Waals surface area contributed by atoms with Gasteiger partial charge in [-0.2, -0.15) is 0 Å². The zero-order valence-electron chi connectivity index (χ0n) is 16.1. The zero-order chi connectivity index (χ0) is 19.1. The fraction of sp³-hybridized carbons (Fsp3) is 0.217. The summed E-state index contributed by atoms with van der Waals surface area (Å²) in [6.45, 7) is 4.16. The highest BCUT2D eigenvalue weighted by molar-refractivity contribution is 9.10. The van der Waals surface area contributed by atoms with Crippen LogP contribution < -0.4 is 14.8 Å². The normalized spacial score (nSPS) is 10.2. The van der Waals surface area contributed by atoms with Crippen molar-refractivity contribution in [2.75, 3.05) is 7.11 Å². The maximum Gasteiger partial charge on any atom is 0.175 e. The number of hydrogen-bond acceptors (Lipinski definition) is 3. The molecule has 3 aromatic carbocycles. The van der Waals surface area contributed by atoms with Crippen molar-refractivity contribution in [3.63, 3.8) is 0 Å². The van der Waals surface area contributed by atoms with E-state index in [1.165, 1.54) is 11.1 Å². The summed E-state index contributed by atoms with van der Waals surface area (Å²) in [5.41, 5.74) is 4.77. The Morgan fingerprint density at radius 1 is 0.857 bits per heavy atom. The van der Waals surface area contributed by atoms with Gasteiger partial charge in [0.15, 0.2) is 11.5 Å². The lowest BCUT2D eigenvalue weighted by Gasteiger charge is -2.15. The SMILES string of the molecule is COc1cc(CNCc2ccccc2)cc(Br)c1OCc1ccc(C)cc1.Cl. The van der Waals surface area contributed by atoms with Crippen LogP contribution in [0.5, 0.6) is 11.5 Å². The lowest BCUT2D eigenvalue weighted by molar-refractivity contribution is 0.282. The van der Waals surface area contributed by atoms with Crippen LogP contribution in [0, 0.1) is 6.92 Å². The molecule has 5 heteroatoms. The van der Waals surface area contributed by atoms with Crippen LogP contribution in [0.4, 0.5) is 0 Å². The Morgan fingerprint density at radius 3 is 2.21 bits per heavy atom. The van der Waals surface area contributed by atoms with E-state index in [-0.39, 0.29) is 12.4 Å². The summed E-state index contributed by atoms with van der Waals surface area (Å²) >= 11 is 3.63. The number of ether oxygens (including phenoxy) is 2. The van der Waals surface area contributed by atoms with Crippen molar-refractivity contribution in [2.45, 2.75) is 26.6 Å². The Morgan fingerprint density at radius 2 is 1.54 bits per heavy atom. The largest absolute Gasteiger partial charge is 0.493 e. The minimum absolute atomic E-state index is 0. The van der Waals surface area contributed by atoms with Crippen molar-refractivity contribution < 1.29 is 9.47 Å². The van der Waals surface area contributed by atoms with E-state index >= 15 is 0 Å². The molecule has 0 saturated heterocycles. The number of rotatable bonds is 8. The van der Waals surface area contributed by atoms with Gasteiger partial charge in [-0.05, 0) is 51.7 Å². The Bertz CT molecular complexity index is 870. The van der Waals surface area contributed by atoms with Gasteiger partial charge in [-0.3, -0.25) is 0 Å². The third kappa shape index (κ3) is 6.26. The minimum atomic E-state index is 0. The topological polar surface area (TPSA) is 30.5 Å². The van der Waals surface area contributed by atoms with E-state index in [0.717, 1.165) is 40.2 Å². The summed E-state index contributed by atoms with van der Waals surface area (Å²) in [7, 11) is 1.67. The van der Waals surface area contributed by atoms with Gasteiger partial charge in [0, 0.05) is 13.1 Å². The summed E-state index contributed by atoms with van der Waals surface area (Å²) in [5.74, 6) is 1.46. The molecule has 0 fully saturated rings. The third-order valence-corrected chi connectivity index (χ3v) is 4.88. The van der Waals surface area contributed by atoms with Crippen molar-refractivity contribution in [3.8, 4) is 11.5 Å². The van der Waals surface area contributed by atoms with E-state index in [2.05, 4.69) is 82.8 Å². The Hall–Kier alpha value is -2.01. The van der Waals surface area contributed by atoms with Crippen LogP contribution in [-0.4, -0.2) is 7.11 Å². The molecule has 28 heavy (non-hydrogen) atoms. The molecule has 0 radical (unpaired) electrons. The van der Waals surface area contributed by atoms with Gasteiger partial charge in [-0.1, -0.05) is 60.2 Å². The van der Waals surface area contributed by atoms with Crippen molar-refractivity contribution in [3.05, 3.63) is 93.5 Å². The number of halogens is 2. The molecule has 3 nitrogen and oxygen atoms in total. The van der Waals surface area contributed by atoms with Gasteiger partial charge in [0.2, 0.25) is 0 Å². The van der Waals surface area contributed by atoms with Gasteiger partial charge in [-0.25, -0.2) is 0 Å². The number of nitrogens with one attached hydrogen (secondary N) is 1. The maximum absolute atomic E-state index is 6.02. The van der Waals surface area contributed by atoms with Crippen LogP contribution >= 0.6 is 28.3 Å². The summed E-state index contributed by atoms with van der Waals surface area (Å²) < 4.78 is 12.5. The third-order valence-electron chi connectivity index (χ3n) is 4.29. The average molecular weight is 463 g/mol. The standard InChI is InChI=1S/C23H24BrNO2.ClH/c1-17-8-10-19(11-9-17)16-27-23-21(24)12-20(13-22(23)26-2)15-25-14-18-6-4-3-5-7-18;/h3-13,25H,14-16H2,1-2H3;1H. The second-order valence-corrected chi connectivity index (χ2v) is 7.33. The summed E-state index contributed by atoms with van der Waals surface area (Å²) in [5, 5.41) is 3.46. The molecule has 0 unspecified atom stereocenters. The first kappa shape index (κ1) is 22.3. The quantitative estimate of drug-likeness (QED) is 0.441. The number of methoxy groups -OCH3 is 1. The maximum atomic E-state index is 6.02. The van der Waals surface area contributed by atoms with Gasteiger partial charge >= 0.3 is 0 Å². The average Bonchev–Trinajstić information content (AvgIpc) is 2.69. The fourth-order valence-electron chi connectivity index (χ4n) is 2.80. The lowest BCUT2D eigenvalue weighted by Crippen LogP contribution is -2.12. The Kier molecular flexibility index (Phi) is 8.84. The van der Waals surface area contributed by atoms with Gasteiger partial charge in [0.05, 0.1) is 11.6 Å². The van der Waals surface area contributed by atoms with E-state index in [1.54, 1.807) is 7.11 Å². The molecular formula is C23H25BrClNO2. The zero-order valence-corrected chi connectivity index (χ0v) is 18.5. The van der Waals surface area contributed by atoms with Crippen LogP contribution in [-0.2, 0) is 19.7 Å². The molecule has 0 aliphatic rings. The van der Waals surface area contributed by atoms with Gasteiger partial charge in [0.1, 0.15) is 6.61 Å². The predicted molar refractivity (Wildman–Crippen MR) is 120 cm³/mol. The van der Waals surface area contributed by atoms with E-state index in [0.29, 0.717) is 6.61 Å². The van der Waals surface area contributed by atoms with Gasteiger partial charge in [0.25, 0.3) is 0 Å². The van der Waals surface area contributed by atoms with E-state index in [9.17, 15) is 0 Å². The van der Waals surface area contributed by atoms with Crippen molar-refractivity contribution in [2.24, 2.45) is 0 Å². The minimum Gasteiger partial charge on any atom is -0.493 e. The Labute approximate surface area is 181 Å². The van der Waals surface area contributed by atoms with E-state index in [4.69, 9.17) is 9.47 Å².